The maximum atomic E-state index is 13.9. The van der Waals surface area contributed by atoms with Crippen molar-refractivity contribution >= 4 is 0 Å². The Bertz CT molecular complexity index is 426. The smallest absolute Gasteiger partial charge is 0.123 e. The third-order valence-electron chi connectivity index (χ3n) is 5.03. The number of hydrogen-bond donors (Lipinski definition) is 1. The first kappa shape index (κ1) is 19.4. The molecular formula is C21H34FNO. The zero-order valence-corrected chi connectivity index (χ0v) is 15.2. The number of ether oxygens (including phenoxy) is 1. The van der Waals surface area contributed by atoms with Gasteiger partial charge < -0.3 is 10.1 Å². The van der Waals surface area contributed by atoms with Gasteiger partial charge in [0.2, 0.25) is 0 Å². The second-order valence-electron chi connectivity index (χ2n) is 7.13. The molecule has 0 saturated carbocycles. The van der Waals surface area contributed by atoms with Crippen LogP contribution in [0.2, 0.25) is 0 Å². The van der Waals surface area contributed by atoms with Crippen LogP contribution in [0.5, 0.6) is 0 Å². The molecule has 0 aromatic heterocycles. The number of unbranched alkanes of at least 4 members (excludes halogenated alkanes) is 1. The van der Waals surface area contributed by atoms with Crippen molar-refractivity contribution in [3.05, 3.63) is 35.4 Å². The van der Waals surface area contributed by atoms with E-state index in [0.717, 1.165) is 37.3 Å². The predicted octanol–water partition coefficient (Wildman–Crippen LogP) is 5.05. The minimum absolute atomic E-state index is 0.223. The second-order valence-corrected chi connectivity index (χ2v) is 7.13. The van der Waals surface area contributed by atoms with Crippen LogP contribution >= 0.6 is 0 Å². The Labute approximate surface area is 147 Å². The highest BCUT2D eigenvalue weighted by atomic mass is 19.1. The molecule has 1 aromatic rings. The van der Waals surface area contributed by atoms with E-state index in [0.29, 0.717) is 13.0 Å². The lowest BCUT2D eigenvalue weighted by Gasteiger charge is -2.14. The van der Waals surface area contributed by atoms with Crippen molar-refractivity contribution in [2.24, 2.45) is 5.92 Å². The van der Waals surface area contributed by atoms with E-state index in [1.54, 1.807) is 0 Å². The maximum Gasteiger partial charge on any atom is 0.123 e. The van der Waals surface area contributed by atoms with Crippen LogP contribution in [0.15, 0.2) is 24.3 Å². The third kappa shape index (κ3) is 7.76. The van der Waals surface area contributed by atoms with Gasteiger partial charge in [0.25, 0.3) is 0 Å². The highest BCUT2D eigenvalue weighted by Crippen LogP contribution is 2.19. The van der Waals surface area contributed by atoms with Crippen LogP contribution in [0.25, 0.3) is 0 Å². The van der Waals surface area contributed by atoms with E-state index in [1.807, 2.05) is 0 Å². The second kappa shape index (κ2) is 11.6. The first-order valence-corrected chi connectivity index (χ1v) is 9.78. The van der Waals surface area contributed by atoms with Crippen LogP contribution in [0.1, 0.15) is 63.0 Å². The molecular weight excluding hydrogens is 301 g/mol. The van der Waals surface area contributed by atoms with Crippen molar-refractivity contribution < 1.29 is 9.13 Å². The SMILES string of the molecule is CCc1ccc(COC[C@@H](F)CCCCC2CCCCNC2)cc1. The van der Waals surface area contributed by atoms with Gasteiger partial charge in [0.1, 0.15) is 6.17 Å². The molecule has 0 bridgehead atoms. The number of hydrogen-bond acceptors (Lipinski definition) is 2. The van der Waals surface area contributed by atoms with Crippen molar-refractivity contribution in [3.8, 4) is 0 Å². The summed E-state index contributed by atoms with van der Waals surface area (Å²) >= 11 is 0. The van der Waals surface area contributed by atoms with Gasteiger partial charge in [-0.05, 0) is 62.2 Å². The van der Waals surface area contributed by atoms with E-state index in [-0.39, 0.29) is 6.61 Å². The maximum absolute atomic E-state index is 13.9. The largest absolute Gasteiger partial charge is 0.374 e. The number of nitrogens with one attached hydrogen (secondary N) is 1. The number of alkyl halides is 1. The molecule has 0 amide bonds. The van der Waals surface area contributed by atoms with E-state index in [4.69, 9.17) is 4.74 Å². The predicted molar refractivity (Wildman–Crippen MR) is 99.1 cm³/mol. The van der Waals surface area contributed by atoms with Gasteiger partial charge >= 0.3 is 0 Å². The summed E-state index contributed by atoms with van der Waals surface area (Å²) in [5, 5.41) is 3.50. The quantitative estimate of drug-likeness (QED) is 0.604. The van der Waals surface area contributed by atoms with Crippen molar-refractivity contribution in [1.29, 1.82) is 0 Å². The highest BCUT2D eigenvalue weighted by Gasteiger charge is 2.12. The van der Waals surface area contributed by atoms with Gasteiger partial charge in [-0.15, -0.1) is 0 Å². The molecule has 2 nitrogen and oxygen atoms in total. The average Bonchev–Trinajstić information content (AvgIpc) is 2.88. The Kier molecular flexibility index (Phi) is 9.37. The molecule has 0 radical (unpaired) electrons. The molecule has 1 fully saturated rings. The Hall–Kier alpha value is -0.930. The monoisotopic (exact) mass is 335 g/mol. The first-order chi connectivity index (χ1) is 11.8. The summed E-state index contributed by atoms with van der Waals surface area (Å²) in [6, 6.07) is 8.39. The van der Waals surface area contributed by atoms with Crippen LogP contribution < -0.4 is 5.32 Å². The average molecular weight is 336 g/mol. The number of halogens is 1. The fraction of sp³-hybridized carbons (Fsp3) is 0.714. The summed E-state index contributed by atoms with van der Waals surface area (Å²) in [5.41, 5.74) is 2.45. The van der Waals surface area contributed by atoms with Crippen molar-refractivity contribution in [1.82, 2.24) is 5.32 Å². The van der Waals surface area contributed by atoms with E-state index < -0.39 is 6.17 Å². The lowest BCUT2D eigenvalue weighted by molar-refractivity contribution is 0.0653. The van der Waals surface area contributed by atoms with Crippen LogP contribution in [0.3, 0.4) is 0 Å². The Morgan fingerprint density at radius 1 is 1.17 bits per heavy atom. The summed E-state index contributed by atoms with van der Waals surface area (Å²) in [7, 11) is 0. The lowest BCUT2D eigenvalue weighted by atomic mass is 9.96. The molecule has 1 aliphatic rings. The Morgan fingerprint density at radius 3 is 2.75 bits per heavy atom. The van der Waals surface area contributed by atoms with Gasteiger partial charge in [-0.2, -0.15) is 0 Å². The van der Waals surface area contributed by atoms with Crippen molar-refractivity contribution in [2.45, 2.75) is 71.1 Å². The summed E-state index contributed by atoms with van der Waals surface area (Å²) in [5.74, 6) is 0.799. The van der Waals surface area contributed by atoms with Crippen LogP contribution in [0.4, 0.5) is 4.39 Å². The summed E-state index contributed by atoms with van der Waals surface area (Å²) in [6.45, 7) is 5.20. The molecule has 2 rings (SSSR count). The van der Waals surface area contributed by atoms with E-state index in [2.05, 4.69) is 36.5 Å². The molecule has 0 aliphatic carbocycles. The first-order valence-electron chi connectivity index (χ1n) is 9.78. The van der Waals surface area contributed by atoms with Crippen LogP contribution in [-0.4, -0.2) is 25.9 Å². The van der Waals surface area contributed by atoms with Gasteiger partial charge in [0, 0.05) is 0 Å². The Morgan fingerprint density at radius 2 is 1.96 bits per heavy atom. The molecule has 136 valence electrons. The fourth-order valence-electron chi connectivity index (χ4n) is 3.40. The number of rotatable bonds is 10. The highest BCUT2D eigenvalue weighted by molar-refractivity contribution is 5.21. The molecule has 0 spiro atoms. The summed E-state index contributed by atoms with van der Waals surface area (Å²) in [6.07, 6.45) is 8.21. The van der Waals surface area contributed by atoms with E-state index >= 15 is 0 Å². The lowest BCUT2D eigenvalue weighted by Crippen LogP contribution is -2.20. The van der Waals surface area contributed by atoms with E-state index in [9.17, 15) is 4.39 Å². The fourth-order valence-corrected chi connectivity index (χ4v) is 3.40. The standard InChI is InChI=1S/C21H34FNO/c1-2-18-10-12-20(13-11-18)16-24-17-21(22)9-4-3-7-19-8-5-6-14-23-15-19/h10-13,19,21,23H,2-9,14-17H2,1H3/t19?,21-/m0/s1. The van der Waals surface area contributed by atoms with Crippen LogP contribution in [0, 0.1) is 5.92 Å². The summed E-state index contributed by atoms with van der Waals surface area (Å²) in [4.78, 5) is 0. The number of aryl methyl sites for hydroxylation is 1. The van der Waals surface area contributed by atoms with Crippen LogP contribution in [-0.2, 0) is 17.8 Å². The molecule has 1 saturated heterocycles. The normalized spacial score (nSPS) is 19.8. The zero-order chi connectivity index (χ0) is 17.0. The molecule has 1 aliphatic heterocycles. The van der Waals surface area contributed by atoms with Crippen molar-refractivity contribution in [2.75, 3.05) is 19.7 Å². The molecule has 1 unspecified atom stereocenters. The van der Waals surface area contributed by atoms with Gasteiger partial charge in [-0.3, -0.25) is 0 Å². The minimum Gasteiger partial charge on any atom is -0.374 e. The van der Waals surface area contributed by atoms with Gasteiger partial charge in [-0.1, -0.05) is 50.5 Å². The molecule has 1 heterocycles. The summed E-state index contributed by atoms with van der Waals surface area (Å²) < 4.78 is 19.5. The minimum atomic E-state index is -0.827. The van der Waals surface area contributed by atoms with Crippen molar-refractivity contribution in [3.63, 3.8) is 0 Å². The molecule has 24 heavy (non-hydrogen) atoms. The third-order valence-corrected chi connectivity index (χ3v) is 5.03. The Balaban J connectivity index is 1.50. The molecule has 2 atom stereocenters. The topological polar surface area (TPSA) is 21.3 Å². The van der Waals surface area contributed by atoms with Gasteiger partial charge in [0.15, 0.2) is 0 Å². The molecule has 1 aromatic carbocycles. The van der Waals surface area contributed by atoms with Gasteiger partial charge in [-0.25, -0.2) is 4.39 Å². The zero-order valence-electron chi connectivity index (χ0n) is 15.2. The number of benzene rings is 1. The van der Waals surface area contributed by atoms with E-state index in [1.165, 1.54) is 37.8 Å². The van der Waals surface area contributed by atoms with Gasteiger partial charge in [0.05, 0.1) is 13.2 Å². The molecule has 1 N–H and O–H groups in total. The molecule has 3 heteroatoms.